The zero-order valence-corrected chi connectivity index (χ0v) is 17.0. The Bertz CT molecular complexity index is 339. The van der Waals surface area contributed by atoms with E-state index in [0.717, 1.165) is 0 Å². The summed E-state index contributed by atoms with van der Waals surface area (Å²) in [7, 11) is 0. The number of nitrogens with two attached hydrogens (primary N) is 3. The molecule has 0 aliphatic heterocycles. The summed E-state index contributed by atoms with van der Waals surface area (Å²) in [5.41, 5.74) is 15.7. The van der Waals surface area contributed by atoms with Crippen LogP contribution in [0.15, 0.2) is 0 Å². The van der Waals surface area contributed by atoms with Crippen LogP contribution >= 0.6 is 0 Å². The van der Waals surface area contributed by atoms with E-state index in [9.17, 15) is 14.4 Å². The first kappa shape index (κ1) is 24.1. The molecule has 0 amide bonds. The molecule has 9 nitrogen and oxygen atoms in total. The summed E-state index contributed by atoms with van der Waals surface area (Å²) < 4.78 is 0. The number of carboxylic acids is 3. The van der Waals surface area contributed by atoms with Gasteiger partial charge in [0.1, 0.15) is 0 Å². The maximum atomic E-state index is 10.3. The van der Waals surface area contributed by atoms with Crippen molar-refractivity contribution in [3.63, 3.8) is 0 Å². The summed E-state index contributed by atoms with van der Waals surface area (Å²) in [6, 6.07) is -2.28. The van der Waals surface area contributed by atoms with Crippen molar-refractivity contribution < 1.29 is 29.7 Å². The predicted octanol–water partition coefficient (Wildman–Crippen LogP) is -2.46. The standard InChI is InChI=1S/C6H12N2O4Se2.C4H9NO2Se/c7-3(5(9)10)1-13-14-2-4(8)6(11)12;1-8-2-3(5)4(6)7/h3-4H,1-2,7-8H2,(H,9,10)(H,11,12);3H,2,5H2,1H3,(H,6,7)/t3-,4-;3-/m00/s1. The number of carboxylic acid groups (broad SMARTS) is 3. The molecule has 0 aromatic carbocycles. The predicted molar refractivity (Wildman–Crippen MR) is 84.4 cm³/mol. The van der Waals surface area contributed by atoms with Gasteiger partial charge >= 0.3 is 146 Å². The monoisotopic (exact) mass is 519 g/mol. The molecule has 0 aliphatic carbocycles. The van der Waals surface area contributed by atoms with E-state index >= 15 is 0 Å². The third kappa shape index (κ3) is 14.8. The third-order valence-electron chi connectivity index (χ3n) is 1.88. The zero-order valence-electron chi connectivity index (χ0n) is 11.9. The molecule has 130 valence electrons. The number of hydrogen-bond acceptors (Lipinski definition) is 6. The summed E-state index contributed by atoms with van der Waals surface area (Å²) in [5.74, 6) is -0.945. The van der Waals surface area contributed by atoms with Crippen LogP contribution in [0.2, 0.25) is 21.8 Å². The van der Waals surface area contributed by atoms with Crippen molar-refractivity contribution in [1.29, 1.82) is 0 Å². The number of aliphatic carboxylic acids is 3. The average Bonchev–Trinajstić information content (AvgIpc) is 2.43. The van der Waals surface area contributed by atoms with Gasteiger partial charge in [0.2, 0.25) is 0 Å². The van der Waals surface area contributed by atoms with E-state index in [2.05, 4.69) is 0 Å². The summed E-state index contributed by atoms with van der Waals surface area (Å²) in [6.45, 7) is 0. The molecule has 0 aliphatic rings. The van der Waals surface area contributed by atoms with E-state index < -0.39 is 36.0 Å². The molecule has 0 saturated heterocycles. The van der Waals surface area contributed by atoms with Crippen LogP contribution in [0.1, 0.15) is 0 Å². The molecule has 0 aromatic rings. The molecule has 0 radical (unpaired) electrons. The molecule has 0 heterocycles. The van der Waals surface area contributed by atoms with Crippen molar-refractivity contribution in [2.45, 2.75) is 39.9 Å². The Hall–Kier alpha value is -0.152. The topological polar surface area (TPSA) is 190 Å². The molecule has 22 heavy (non-hydrogen) atoms. The molecule has 0 bridgehead atoms. The van der Waals surface area contributed by atoms with Gasteiger partial charge < -0.3 is 0 Å². The molecule has 12 heteroatoms. The van der Waals surface area contributed by atoms with Crippen LogP contribution in [0.5, 0.6) is 0 Å². The van der Waals surface area contributed by atoms with Crippen molar-refractivity contribution in [2.75, 3.05) is 0 Å². The second-order valence-electron chi connectivity index (χ2n) is 3.86. The second kappa shape index (κ2) is 14.4. The number of rotatable bonds is 10. The van der Waals surface area contributed by atoms with Gasteiger partial charge in [0.05, 0.1) is 0 Å². The fourth-order valence-electron chi connectivity index (χ4n) is 0.636. The Morgan fingerprint density at radius 1 is 0.773 bits per heavy atom. The van der Waals surface area contributed by atoms with Gasteiger partial charge in [-0.15, -0.1) is 0 Å². The zero-order chi connectivity index (χ0) is 17.7. The quantitative estimate of drug-likeness (QED) is 0.135. The van der Waals surface area contributed by atoms with E-state index in [-0.39, 0.29) is 26.3 Å². The van der Waals surface area contributed by atoms with Crippen LogP contribution in [-0.2, 0) is 14.4 Å². The SMILES string of the molecule is C[Se]C[C@H](N)C(=O)O.N[C@@H](C[Se][Se]C[C@H](N)C(=O)O)C(=O)O. The van der Waals surface area contributed by atoms with Crippen molar-refractivity contribution in [2.24, 2.45) is 17.2 Å². The van der Waals surface area contributed by atoms with E-state index in [1.165, 1.54) is 0 Å². The number of hydrogen-bond donors (Lipinski definition) is 6. The Morgan fingerprint density at radius 2 is 1.05 bits per heavy atom. The van der Waals surface area contributed by atoms with Crippen molar-refractivity contribution in [3.8, 4) is 0 Å². The van der Waals surface area contributed by atoms with Gasteiger partial charge in [0.25, 0.3) is 0 Å². The van der Waals surface area contributed by atoms with Crippen LogP contribution in [0, 0.1) is 0 Å². The molecular formula is C10H21N3O6Se3. The number of carbonyl (C=O) groups is 3. The summed E-state index contributed by atoms with van der Waals surface area (Å²) >= 11 is 0.591. The average molecular weight is 516 g/mol. The van der Waals surface area contributed by atoms with Gasteiger partial charge in [0, 0.05) is 0 Å². The Labute approximate surface area is 145 Å². The first-order valence-electron chi connectivity index (χ1n) is 5.81. The van der Waals surface area contributed by atoms with Gasteiger partial charge in [-0.25, -0.2) is 0 Å². The minimum absolute atomic E-state index is 0.109. The first-order chi connectivity index (χ1) is 10.1. The van der Waals surface area contributed by atoms with Crippen LogP contribution in [-0.4, -0.2) is 92.6 Å². The Kier molecular flexibility index (Phi) is 15.8. The Morgan fingerprint density at radius 3 is 1.23 bits per heavy atom. The minimum atomic E-state index is -1.01. The summed E-state index contributed by atoms with van der Waals surface area (Å²) in [5, 5.41) is 26.6. The molecule has 0 rings (SSSR count). The van der Waals surface area contributed by atoms with Gasteiger partial charge in [-0.1, -0.05) is 0 Å². The molecule has 0 spiro atoms. The molecule has 0 saturated carbocycles. The van der Waals surface area contributed by atoms with Crippen molar-refractivity contribution >= 4 is 59.1 Å². The van der Waals surface area contributed by atoms with Crippen LogP contribution < -0.4 is 17.2 Å². The molecule has 0 aromatic heterocycles. The van der Waals surface area contributed by atoms with Gasteiger partial charge in [-0.05, 0) is 0 Å². The normalized spacial score (nSPS) is 14.2. The van der Waals surface area contributed by atoms with Gasteiger partial charge in [-0.3, -0.25) is 0 Å². The van der Waals surface area contributed by atoms with Crippen molar-refractivity contribution in [3.05, 3.63) is 0 Å². The van der Waals surface area contributed by atoms with Gasteiger partial charge in [0.15, 0.2) is 0 Å². The van der Waals surface area contributed by atoms with E-state index in [1.54, 1.807) is 0 Å². The molecule has 0 unspecified atom stereocenters. The van der Waals surface area contributed by atoms with E-state index in [1.807, 2.05) is 5.82 Å². The molecule has 0 fully saturated rings. The fourth-order valence-corrected chi connectivity index (χ4v) is 8.60. The molecule has 3 atom stereocenters. The molecule has 9 N–H and O–H groups in total. The van der Waals surface area contributed by atoms with Crippen LogP contribution in [0.25, 0.3) is 0 Å². The molecular weight excluding hydrogens is 495 g/mol. The van der Waals surface area contributed by atoms with Gasteiger partial charge in [-0.2, -0.15) is 0 Å². The third-order valence-corrected chi connectivity index (χ3v) is 10.5. The summed E-state index contributed by atoms with van der Waals surface area (Å²) in [4.78, 5) is 30.6. The van der Waals surface area contributed by atoms with Crippen LogP contribution in [0.4, 0.5) is 0 Å². The van der Waals surface area contributed by atoms with E-state index in [4.69, 9.17) is 32.5 Å². The second-order valence-corrected chi connectivity index (χ2v) is 13.3. The van der Waals surface area contributed by atoms with Crippen LogP contribution in [0.3, 0.4) is 0 Å². The fraction of sp³-hybridized carbons (Fsp3) is 0.700. The summed E-state index contributed by atoms with van der Waals surface area (Å²) in [6.07, 6.45) is 0. The Balaban J connectivity index is 0. The van der Waals surface area contributed by atoms with E-state index in [0.29, 0.717) is 30.9 Å². The van der Waals surface area contributed by atoms with Crippen molar-refractivity contribution in [1.82, 2.24) is 0 Å². The first-order valence-corrected chi connectivity index (χ1v) is 15.5. The maximum absolute atomic E-state index is 10.3.